The third-order valence-electron chi connectivity index (χ3n) is 5.50. The molecule has 0 heterocycles. The molecule has 0 spiro atoms. The Balaban J connectivity index is 2.70. The van der Waals surface area contributed by atoms with Crippen molar-refractivity contribution in [1.29, 1.82) is 0 Å². The van der Waals surface area contributed by atoms with E-state index in [0.717, 1.165) is 12.2 Å². The summed E-state index contributed by atoms with van der Waals surface area (Å²) < 4.78 is 6.66. The largest absolute Gasteiger partial charge is 0.561 e. The fourth-order valence-corrected chi connectivity index (χ4v) is 3.68. The summed E-state index contributed by atoms with van der Waals surface area (Å²) in [6.07, 6.45) is 21.7. The average molecular weight is 384 g/mol. The van der Waals surface area contributed by atoms with Crippen molar-refractivity contribution in [2.45, 2.75) is 117 Å². The summed E-state index contributed by atoms with van der Waals surface area (Å²) in [5.74, 6) is 1.12. The lowest BCUT2D eigenvalue weighted by molar-refractivity contribution is 0.505. The van der Waals surface area contributed by atoms with Crippen molar-refractivity contribution in [2.75, 3.05) is 0 Å². The third kappa shape index (κ3) is 12.3. The SMILES string of the molecule is CCCCCC/C=C(/OB(CCCCCC)CCCCCC)c1ccccc1. The first-order valence-electron chi connectivity index (χ1n) is 12.2. The molecule has 158 valence electrons. The van der Waals surface area contributed by atoms with E-state index in [1.807, 2.05) is 0 Å². The van der Waals surface area contributed by atoms with E-state index < -0.39 is 0 Å². The lowest BCUT2D eigenvalue weighted by Crippen LogP contribution is -2.17. The number of hydrogen-bond donors (Lipinski definition) is 0. The van der Waals surface area contributed by atoms with Crippen molar-refractivity contribution in [1.82, 2.24) is 0 Å². The first kappa shape index (κ1) is 24.9. The molecule has 0 saturated heterocycles. The molecule has 1 aromatic rings. The van der Waals surface area contributed by atoms with Crippen LogP contribution in [0.15, 0.2) is 36.4 Å². The predicted octanol–water partition coefficient (Wildman–Crippen LogP) is 9.17. The molecule has 28 heavy (non-hydrogen) atoms. The second-order valence-corrected chi connectivity index (χ2v) is 8.22. The highest BCUT2D eigenvalue weighted by atomic mass is 16.4. The van der Waals surface area contributed by atoms with Crippen molar-refractivity contribution in [2.24, 2.45) is 0 Å². The van der Waals surface area contributed by atoms with Gasteiger partial charge in [0.1, 0.15) is 5.76 Å². The van der Waals surface area contributed by atoms with E-state index >= 15 is 0 Å². The lowest BCUT2D eigenvalue weighted by atomic mass is 9.59. The van der Waals surface area contributed by atoms with E-state index in [4.69, 9.17) is 4.65 Å². The van der Waals surface area contributed by atoms with Crippen molar-refractivity contribution in [3.63, 3.8) is 0 Å². The average Bonchev–Trinajstić information content (AvgIpc) is 2.73. The minimum atomic E-state index is 0.371. The van der Waals surface area contributed by atoms with Crippen LogP contribution < -0.4 is 0 Å². The molecule has 1 aromatic carbocycles. The van der Waals surface area contributed by atoms with Crippen LogP contribution in [0.2, 0.25) is 12.6 Å². The molecule has 2 heteroatoms. The van der Waals surface area contributed by atoms with Crippen LogP contribution in [0.25, 0.3) is 5.76 Å². The molecule has 0 unspecified atom stereocenters. The molecule has 0 aliphatic rings. The fourth-order valence-electron chi connectivity index (χ4n) is 3.68. The molecule has 1 rings (SSSR count). The number of benzene rings is 1. The first-order valence-corrected chi connectivity index (χ1v) is 12.2. The highest BCUT2D eigenvalue weighted by molar-refractivity contribution is 6.52. The van der Waals surface area contributed by atoms with Gasteiger partial charge in [0.05, 0.1) is 0 Å². The Kier molecular flexibility index (Phi) is 15.9. The maximum Gasteiger partial charge on any atom is 0.357 e. The Morgan fingerprint density at radius 3 is 1.79 bits per heavy atom. The summed E-state index contributed by atoms with van der Waals surface area (Å²) in [6.45, 7) is 7.22. The number of rotatable bonds is 18. The molecule has 0 radical (unpaired) electrons. The summed E-state index contributed by atoms with van der Waals surface area (Å²) in [5, 5.41) is 0. The van der Waals surface area contributed by atoms with Crippen LogP contribution in [0.1, 0.15) is 110 Å². The van der Waals surface area contributed by atoms with Crippen LogP contribution in [0, 0.1) is 0 Å². The van der Waals surface area contributed by atoms with Crippen LogP contribution in [-0.2, 0) is 4.65 Å². The summed E-state index contributed by atoms with van der Waals surface area (Å²) in [6, 6.07) is 10.7. The molecule has 0 N–H and O–H groups in total. The second kappa shape index (κ2) is 17.9. The van der Waals surface area contributed by atoms with Crippen LogP contribution in [0.3, 0.4) is 0 Å². The zero-order valence-corrected chi connectivity index (χ0v) is 19.1. The zero-order valence-electron chi connectivity index (χ0n) is 19.1. The molecule has 1 nitrogen and oxygen atoms in total. The van der Waals surface area contributed by atoms with Crippen molar-refractivity contribution in [3.8, 4) is 0 Å². The maximum atomic E-state index is 6.66. The molecule has 0 saturated carbocycles. The van der Waals surface area contributed by atoms with Crippen LogP contribution in [-0.4, -0.2) is 6.92 Å². The second-order valence-electron chi connectivity index (χ2n) is 8.22. The minimum absolute atomic E-state index is 0.371. The normalized spacial score (nSPS) is 11.6. The van der Waals surface area contributed by atoms with E-state index in [2.05, 4.69) is 57.2 Å². The molecular formula is C26H45BO. The van der Waals surface area contributed by atoms with Crippen LogP contribution >= 0.6 is 0 Å². The Hall–Kier alpha value is -1.18. The van der Waals surface area contributed by atoms with Crippen molar-refractivity contribution < 1.29 is 4.65 Å². The van der Waals surface area contributed by atoms with Gasteiger partial charge in [-0.05, 0) is 31.6 Å². The van der Waals surface area contributed by atoms with E-state index in [9.17, 15) is 0 Å². The van der Waals surface area contributed by atoms with Gasteiger partial charge in [-0.15, -0.1) is 0 Å². The van der Waals surface area contributed by atoms with Gasteiger partial charge in [-0.2, -0.15) is 0 Å². The molecule has 0 aromatic heterocycles. The monoisotopic (exact) mass is 384 g/mol. The Morgan fingerprint density at radius 2 is 1.25 bits per heavy atom. The van der Waals surface area contributed by atoms with Crippen LogP contribution in [0.4, 0.5) is 0 Å². The molecule has 0 aliphatic carbocycles. The van der Waals surface area contributed by atoms with Gasteiger partial charge < -0.3 is 4.65 Å². The van der Waals surface area contributed by atoms with Crippen molar-refractivity contribution >= 4 is 12.7 Å². The smallest absolute Gasteiger partial charge is 0.357 e. The highest BCUT2D eigenvalue weighted by Gasteiger charge is 2.19. The Morgan fingerprint density at radius 1 is 0.714 bits per heavy atom. The van der Waals surface area contributed by atoms with E-state index in [0.29, 0.717) is 6.92 Å². The summed E-state index contributed by atoms with van der Waals surface area (Å²) in [5.41, 5.74) is 1.24. The molecule has 0 amide bonds. The predicted molar refractivity (Wildman–Crippen MR) is 128 cm³/mol. The Bertz CT molecular complexity index is 470. The highest BCUT2D eigenvalue weighted by Crippen LogP contribution is 2.23. The summed E-state index contributed by atoms with van der Waals surface area (Å²) in [4.78, 5) is 0. The molecular weight excluding hydrogens is 339 g/mol. The van der Waals surface area contributed by atoms with Gasteiger partial charge in [0.2, 0.25) is 0 Å². The third-order valence-corrected chi connectivity index (χ3v) is 5.50. The number of allylic oxidation sites excluding steroid dienone is 1. The van der Waals surface area contributed by atoms with E-state index in [1.165, 1.54) is 95.3 Å². The maximum absolute atomic E-state index is 6.66. The lowest BCUT2D eigenvalue weighted by Gasteiger charge is -2.19. The molecule has 0 bridgehead atoms. The Labute approximate surface area is 176 Å². The fraction of sp³-hybridized carbons (Fsp3) is 0.692. The van der Waals surface area contributed by atoms with Gasteiger partial charge >= 0.3 is 6.92 Å². The van der Waals surface area contributed by atoms with Crippen LogP contribution in [0.5, 0.6) is 0 Å². The summed E-state index contributed by atoms with van der Waals surface area (Å²) >= 11 is 0. The van der Waals surface area contributed by atoms with E-state index in [-0.39, 0.29) is 0 Å². The van der Waals surface area contributed by atoms with Gasteiger partial charge in [-0.25, -0.2) is 0 Å². The number of hydrogen-bond acceptors (Lipinski definition) is 1. The molecule has 0 fully saturated rings. The van der Waals surface area contributed by atoms with E-state index in [1.54, 1.807) is 0 Å². The standard InChI is InChI=1S/C26H45BO/c1-4-7-10-13-17-22-26(25-20-15-14-16-21-25)28-27(23-18-11-8-5-2)24-19-12-9-6-3/h14-16,20-22H,4-13,17-19,23-24H2,1-3H3/b26-22+. The molecule has 0 atom stereocenters. The first-order chi connectivity index (χ1) is 13.8. The quantitative estimate of drug-likeness (QED) is 0.139. The van der Waals surface area contributed by atoms with Gasteiger partial charge in [0.25, 0.3) is 0 Å². The topological polar surface area (TPSA) is 9.23 Å². The van der Waals surface area contributed by atoms with Crippen molar-refractivity contribution in [3.05, 3.63) is 42.0 Å². The summed E-state index contributed by atoms with van der Waals surface area (Å²) in [7, 11) is 0. The zero-order chi connectivity index (χ0) is 20.3. The van der Waals surface area contributed by atoms with Gasteiger partial charge in [0, 0.05) is 5.56 Å². The van der Waals surface area contributed by atoms with Gasteiger partial charge in [0.15, 0.2) is 0 Å². The van der Waals surface area contributed by atoms with Gasteiger partial charge in [-0.1, -0.05) is 122 Å². The van der Waals surface area contributed by atoms with Gasteiger partial charge in [-0.3, -0.25) is 0 Å². The minimum Gasteiger partial charge on any atom is -0.561 e. The number of unbranched alkanes of at least 4 members (excludes halogenated alkanes) is 10. The molecule has 0 aliphatic heterocycles.